The minimum atomic E-state index is -0.104. The Morgan fingerprint density at radius 1 is 1.29 bits per heavy atom. The molecule has 0 unspecified atom stereocenters. The number of aliphatic hydroxyl groups excluding tert-OH is 1. The van der Waals surface area contributed by atoms with Gasteiger partial charge in [-0.05, 0) is 36.3 Å². The second kappa shape index (κ2) is 4.14. The van der Waals surface area contributed by atoms with Gasteiger partial charge in [-0.3, -0.25) is 0 Å². The van der Waals surface area contributed by atoms with Crippen LogP contribution in [0.25, 0.3) is 0 Å². The van der Waals surface area contributed by atoms with Crippen LogP contribution in [0.15, 0.2) is 24.3 Å². The molecule has 76 valence electrons. The molecule has 1 aromatic rings. The summed E-state index contributed by atoms with van der Waals surface area (Å²) in [5.74, 6) is 0.465. The van der Waals surface area contributed by atoms with E-state index in [1.807, 2.05) is 0 Å². The highest BCUT2D eigenvalue weighted by atomic mass is 16.3. The molecule has 0 heterocycles. The Bertz CT molecular complexity index is 281. The molecule has 0 aliphatic heterocycles. The fourth-order valence-corrected chi connectivity index (χ4v) is 2.40. The summed E-state index contributed by atoms with van der Waals surface area (Å²) in [5, 5.41) is 9.92. The van der Waals surface area contributed by atoms with Crippen LogP contribution in [0.3, 0.4) is 0 Å². The van der Waals surface area contributed by atoms with Crippen molar-refractivity contribution >= 4 is 0 Å². The van der Waals surface area contributed by atoms with Crippen molar-refractivity contribution in [3.05, 3.63) is 35.4 Å². The highest BCUT2D eigenvalue weighted by molar-refractivity contribution is 5.32. The first-order valence-electron chi connectivity index (χ1n) is 5.56. The van der Waals surface area contributed by atoms with E-state index >= 15 is 0 Å². The lowest BCUT2D eigenvalue weighted by atomic mass is 9.96. The summed E-state index contributed by atoms with van der Waals surface area (Å²) in [6.07, 6.45) is 4.05. The minimum absolute atomic E-state index is 0.104. The number of hydrogen-bond donors (Lipinski definition) is 1. The zero-order chi connectivity index (χ0) is 9.97. The molecule has 14 heavy (non-hydrogen) atoms. The summed E-state index contributed by atoms with van der Waals surface area (Å²) in [6.45, 7) is 2.13. The van der Waals surface area contributed by atoms with E-state index in [9.17, 15) is 5.11 Å². The smallest absolute Gasteiger partial charge is 0.0574 e. The molecule has 0 saturated carbocycles. The van der Waals surface area contributed by atoms with Crippen LogP contribution >= 0.6 is 0 Å². The second-order valence-corrected chi connectivity index (χ2v) is 4.29. The third-order valence-electron chi connectivity index (χ3n) is 3.21. The summed E-state index contributed by atoms with van der Waals surface area (Å²) in [5.41, 5.74) is 2.88. The number of fused-ring (bicyclic) bond motifs is 1. The lowest BCUT2D eigenvalue weighted by molar-refractivity contribution is 0.103. The van der Waals surface area contributed by atoms with E-state index in [1.54, 1.807) is 0 Å². The first kappa shape index (κ1) is 9.72. The predicted molar refractivity (Wildman–Crippen MR) is 58.3 cm³/mol. The van der Waals surface area contributed by atoms with Gasteiger partial charge < -0.3 is 5.11 Å². The Kier molecular flexibility index (Phi) is 2.87. The molecular formula is C13H18O. The summed E-state index contributed by atoms with van der Waals surface area (Å²) < 4.78 is 0. The normalized spacial score (nSPS) is 18.1. The average molecular weight is 190 g/mol. The molecule has 1 aliphatic carbocycles. The standard InChI is InChI=1S/C13H18O/c1-2-5-13(14)12-8-10-6-3-4-7-11(10)9-12/h3-4,6-7,12-14H,2,5,8-9H2,1H3/t13-/m1/s1. The molecule has 1 aliphatic rings. The lowest BCUT2D eigenvalue weighted by Gasteiger charge is -2.16. The van der Waals surface area contributed by atoms with Gasteiger partial charge in [0.2, 0.25) is 0 Å². The number of benzene rings is 1. The van der Waals surface area contributed by atoms with Crippen molar-refractivity contribution in [2.45, 2.75) is 38.7 Å². The SMILES string of the molecule is CCC[C@@H](O)C1Cc2ccccc2C1. The van der Waals surface area contributed by atoms with E-state index in [4.69, 9.17) is 0 Å². The molecule has 0 amide bonds. The van der Waals surface area contributed by atoms with Crippen LogP contribution in [0.2, 0.25) is 0 Å². The summed E-state index contributed by atoms with van der Waals surface area (Å²) in [6, 6.07) is 8.56. The van der Waals surface area contributed by atoms with Crippen molar-refractivity contribution in [2.24, 2.45) is 5.92 Å². The largest absolute Gasteiger partial charge is 0.393 e. The third-order valence-corrected chi connectivity index (χ3v) is 3.21. The highest BCUT2D eigenvalue weighted by Gasteiger charge is 2.26. The van der Waals surface area contributed by atoms with E-state index in [2.05, 4.69) is 31.2 Å². The Labute approximate surface area is 85.8 Å². The van der Waals surface area contributed by atoms with Gasteiger partial charge in [0.1, 0.15) is 0 Å². The fourth-order valence-electron chi connectivity index (χ4n) is 2.40. The summed E-state index contributed by atoms with van der Waals surface area (Å²) in [4.78, 5) is 0. The van der Waals surface area contributed by atoms with Crippen molar-refractivity contribution in [1.29, 1.82) is 0 Å². The number of aliphatic hydroxyl groups is 1. The van der Waals surface area contributed by atoms with Crippen LogP contribution in [0, 0.1) is 5.92 Å². The van der Waals surface area contributed by atoms with E-state index < -0.39 is 0 Å². The van der Waals surface area contributed by atoms with Gasteiger partial charge in [0.05, 0.1) is 6.10 Å². The zero-order valence-corrected chi connectivity index (χ0v) is 8.74. The van der Waals surface area contributed by atoms with Crippen molar-refractivity contribution in [3.63, 3.8) is 0 Å². The Balaban J connectivity index is 2.04. The summed E-state index contributed by atoms with van der Waals surface area (Å²) >= 11 is 0. The van der Waals surface area contributed by atoms with E-state index in [-0.39, 0.29) is 6.10 Å². The van der Waals surface area contributed by atoms with Crippen LogP contribution in [-0.2, 0) is 12.8 Å². The van der Waals surface area contributed by atoms with Crippen molar-refractivity contribution in [2.75, 3.05) is 0 Å². The number of hydrogen-bond acceptors (Lipinski definition) is 1. The molecule has 1 aromatic carbocycles. The molecule has 0 spiro atoms. The quantitative estimate of drug-likeness (QED) is 0.776. The number of rotatable bonds is 3. The maximum atomic E-state index is 9.92. The van der Waals surface area contributed by atoms with Gasteiger partial charge in [-0.2, -0.15) is 0 Å². The zero-order valence-electron chi connectivity index (χ0n) is 8.74. The maximum Gasteiger partial charge on any atom is 0.0574 e. The molecule has 1 atom stereocenters. The van der Waals surface area contributed by atoms with Crippen LogP contribution in [0.4, 0.5) is 0 Å². The Morgan fingerprint density at radius 3 is 2.36 bits per heavy atom. The molecule has 1 nitrogen and oxygen atoms in total. The van der Waals surface area contributed by atoms with E-state index in [1.165, 1.54) is 11.1 Å². The third kappa shape index (κ3) is 1.83. The lowest BCUT2D eigenvalue weighted by Crippen LogP contribution is -2.20. The monoisotopic (exact) mass is 190 g/mol. The van der Waals surface area contributed by atoms with Crippen molar-refractivity contribution in [1.82, 2.24) is 0 Å². The highest BCUT2D eigenvalue weighted by Crippen LogP contribution is 2.29. The van der Waals surface area contributed by atoms with Crippen LogP contribution < -0.4 is 0 Å². The molecule has 0 saturated heterocycles. The van der Waals surface area contributed by atoms with Crippen molar-refractivity contribution in [3.8, 4) is 0 Å². The molecule has 0 aromatic heterocycles. The topological polar surface area (TPSA) is 20.2 Å². The van der Waals surface area contributed by atoms with E-state index in [0.717, 1.165) is 25.7 Å². The van der Waals surface area contributed by atoms with Gasteiger partial charge in [-0.15, -0.1) is 0 Å². The molecule has 1 N–H and O–H groups in total. The predicted octanol–water partition coefficient (Wildman–Crippen LogP) is 2.56. The van der Waals surface area contributed by atoms with Gasteiger partial charge in [0.25, 0.3) is 0 Å². The van der Waals surface area contributed by atoms with Gasteiger partial charge >= 0.3 is 0 Å². The first-order valence-corrected chi connectivity index (χ1v) is 5.56. The van der Waals surface area contributed by atoms with Crippen LogP contribution in [0.5, 0.6) is 0 Å². The second-order valence-electron chi connectivity index (χ2n) is 4.29. The Hall–Kier alpha value is -0.820. The van der Waals surface area contributed by atoms with Gasteiger partial charge in [-0.1, -0.05) is 37.6 Å². The molecule has 2 rings (SSSR count). The molecule has 0 fully saturated rings. The average Bonchev–Trinajstić information content (AvgIpc) is 2.61. The summed E-state index contributed by atoms with van der Waals surface area (Å²) in [7, 11) is 0. The Morgan fingerprint density at radius 2 is 1.86 bits per heavy atom. The fraction of sp³-hybridized carbons (Fsp3) is 0.538. The minimum Gasteiger partial charge on any atom is -0.393 e. The first-order chi connectivity index (χ1) is 6.81. The van der Waals surface area contributed by atoms with Crippen LogP contribution in [-0.4, -0.2) is 11.2 Å². The van der Waals surface area contributed by atoms with Gasteiger partial charge in [0, 0.05) is 0 Å². The van der Waals surface area contributed by atoms with Gasteiger partial charge in [0.15, 0.2) is 0 Å². The molecule has 1 heteroatoms. The van der Waals surface area contributed by atoms with Gasteiger partial charge in [-0.25, -0.2) is 0 Å². The molecule has 0 bridgehead atoms. The van der Waals surface area contributed by atoms with E-state index in [0.29, 0.717) is 5.92 Å². The molecule has 0 radical (unpaired) electrons. The molecular weight excluding hydrogens is 172 g/mol. The van der Waals surface area contributed by atoms with Crippen molar-refractivity contribution < 1.29 is 5.11 Å². The van der Waals surface area contributed by atoms with Crippen LogP contribution in [0.1, 0.15) is 30.9 Å². The maximum absolute atomic E-state index is 9.92.